The van der Waals surface area contributed by atoms with Crippen LogP contribution >= 0.6 is 0 Å². The average Bonchev–Trinajstić information content (AvgIpc) is 2.39. The van der Waals surface area contributed by atoms with Crippen molar-refractivity contribution >= 4 is 6.03 Å². The van der Waals surface area contributed by atoms with Gasteiger partial charge in [-0.1, -0.05) is 0 Å². The van der Waals surface area contributed by atoms with Gasteiger partial charge in [0.15, 0.2) is 0 Å². The number of amides is 2. The molecule has 2 saturated heterocycles. The third-order valence-corrected chi connectivity index (χ3v) is 3.67. The van der Waals surface area contributed by atoms with Gasteiger partial charge in [-0.3, -0.25) is 0 Å². The fourth-order valence-corrected chi connectivity index (χ4v) is 2.54. The number of likely N-dealkylation sites (tertiary alicyclic amines) is 1. The normalized spacial score (nSPS) is 23.2. The summed E-state index contributed by atoms with van der Waals surface area (Å²) in [5, 5.41) is 0. The van der Waals surface area contributed by atoms with Crippen molar-refractivity contribution in [1.29, 1.82) is 0 Å². The first-order chi connectivity index (χ1) is 7.79. The monoisotopic (exact) mass is 226 g/mol. The summed E-state index contributed by atoms with van der Waals surface area (Å²) >= 11 is 0. The van der Waals surface area contributed by atoms with E-state index in [9.17, 15) is 4.79 Å². The zero-order chi connectivity index (χ0) is 11.4. The highest BCUT2D eigenvalue weighted by Crippen LogP contribution is 2.17. The van der Waals surface area contributed by atoms with Crippen molar-refractivity contribution < 1.29 is 9.53 Å². The van der Waals surface area contributed by atoms with Crippen LogP contribution in [0.2, 0.25) is 0 Å². The summed E-state index contributed by atoms with van der Waals surface area (Å²) in [6, 6.07) is 0.592. The number of hydrogen-bond acceptors (Lipinski definition) is 2. The zero-order valence-corrected chi connectivity index (χ0v) is 10.2. The molecule has 0 aromatic heterocycles. The topological polar surface area (TPSA) is 32.8 Å². The van der Waals surface area contributed by atoms with Crippen molar-refractivity contribution in [1.82, 2.24) is 9.80 Å². The summed E-state index contributed by atoms with van der Waals surface area (Å²) in [5.74, 6) is 0. The Morgan fingerprint density at radius 2 is 1.81 bits per heavy atom. The number of carbonyl (C=O) groups is 1. The van der Waals surface area contributed by atoms with E-state index in [1.54, 1.807) is 0 Å². The summed E-state index contributed by atoms with van der Waals surface area (Å²) < 4.78 is 5.32. The fraction of sp³-hybridized carbons (Fsp3) is 0.917. The molecule has 4 nitrogen and oxygen atoms in total. The standard InChI is InChI=1S/C12H22N2O2/c1-13(11-5-9-16-10-6-11)12(15)14-7-3-2-4-8-14/h11H,2-10H2,1H3. The van der Waals surface area contributed by atoms with Gasteiger partial charge in [-0.2, -0.15) is 0 Å². The third kappa shape index (κ3) is 2.67. The molecule has 0 aliphatic carbocycles. The van der Waals surface area contributed by atoms with Crippen LogP contribution in [0.15, 0.2) is 0 Å². The minimum atomic E-state index is 0.214. The molecule has 2 amide bonds. The molecule has 0 bridgehead atoms. The molecule has 0 N–H and O–H groups in total. The first-order valence-electron chi connectivity index (χ1n) is 6.38. The molecule has 0 saturated carbocycles. The van der Waals surface area contributed by atoms with Crippen LogP contribution in [-0.4, -0.2) is 55.2 Å². The first-order valence-corrected chi connectivity index (χ1v) is 6.38. The number of hydrogen-bond donors (Lipinski definition) is 0. The quantitative estimate of drug-likeness (QED) is 0.682. The van der Waals surface area contributed by atoms with E-state index in [1.165, 1.54) is 6.42 Å². The number of rotatable bonds is 1. The van der Waals surface area contributed by atoms with Crippen LogP contribution in [0.4, 0.5) is 4.79 Å². The summed E-state index contributed by atoms with van der Waals surface area (Å²) in [4.78, 5) is 16.1. The zero-order valence-electron chi connectivity index (χ0n) is 10.2. The Balaban J connectivity index is 1.86. The number of nitrogens with zero attached hydrogens (tertiary/aromatic N) is 2. The largest absolute Gasteiger partial charge is 0.381 e. The molecule has 92 valence electrons. The van der Waals surface area contributed by atoms with Gasteiger partial charge in [-0.25, -0.2) is 4.79 Å². The minimum Gasteiger partial charge on any atom is -0.381 e. The smallest absolute Gasteiger partial charge is 0.319 e. The van der Waals surface area contributed by atoms with Crippen LogP contribution in [0.5, 0.6) is 0 Å². The van der Waals surface area contributed by atoms with Crippen LogP contribution in [0.1, 0.15) is 32.1 Å². The van der Waals surface area contributed by atoms with E-state index in [1.807, 2.05) is 16.8 Å². The first kappa shape index (κ1) is 11.7. The Morgan fingerprint density at radius 3 is 2.44 bits per heavy atom. The maximum absolute atomic E-state index is 12.2. The van der Waals surface area contributed by atoms with E-state index >= 15 is 0 Å². The molecule has 0 unspecified atom stereocenters. The highest BCUT2D eigenvalue weighted by atomic mass is 16.5. The van der Waals surface area contributed by atoms with Crippen LogP contribution in [0.25, 0.3) is 0 Å². The van der Waals surface area contributed by atoms with Gasteiger partial charge in [0.2, 0.25) is 0 Å². The summed E-state index contributed by atoms with van der Waals surface area (Å²) in [6.07, 6.45) is 5.55. The van der Waals surface area contributed by atoms with E-state index in [-0.39, 0.29) is 6.03 Å². The molecule has 0 aromatic carbocycles. The van der Waals surface area contributed by atoms with Crippen LogP contribution < -0.4 is 0 Å². The Labute approximate surface area is 97.5 Å². The van der Waals surface area contributed by atoms with Crippen molar-refractivity contribution in [2.24, 2.45) is 0 Å². The second kappa shape index (κ2) is 5.53. The maximum Gasteiger partial charge on any atom is 0.319 e. The number of ether oxygens (including phenoxy) is 1. The lowest BCUT2D eigenvalue weighted by atomic mass is 10.1. The lowest BCUT2D eigenvalue weighted by molar-refractivity contribution is 0.0453. The highest BCUT2D eigenvalue weighted by molar-refractivity contribution is 5.74. The molecule has 4 heteroatoms. The van der Waals surface area contributed by atoms with Crippen LogP contribution in [0.3, 0.4) is 0 Å². The van der Waals surface area contributed by atoms with Gasteiger partial charge in [0, 0.05) is 39.4 Å². The Morgan fingerprint density at radius 1 is 1.19 bits per heavy atom. The molecule has 2 heterocycles. The third-order valence-electron chi connectivity index (χ3n) is 3.67. The van der Waals surface area contributed by atoms with Gasteiger partial charge in [-0.05, 0) is 32.1 Å². The maximum atomic E-state index is 12.2. The van der Waals surface area contributed by atoms with E-state index in [0.29, 0.717) is 6.04 Å². The number of carbonyl (C=O) groups excluding carboxylic acids is 1. The van der Waals surface area contributed by atoms with Gasteiger partial charge in [0.25, 0.3) is 0 Å². The molecule has 2 aliphatic rings. The molecule has 2 rings (SSSR count). The van der Waals surface area contributed by atoms with Crippen LogP contribution in [0, 0.1) is 0 Å². The van der Waals surface area contributed by atoms with Gasteiger partial charge >= 0.3 is 6.03 Å². The summed E-state index contributed by atoms with van der Waals surface area (Å²) in [6.45, 7) is 3.46. The predicted octanol–water partition coefficient (Wildman–Crippen LogP) is 1.70. The highest BCUT2D eigenvalue weighted by Gasteiger charge is 2.26. The van der Waals surface area contributed by atoms with Crippen molar-refractivity contribution in [3.05, 3.63) is 0 Å². The second-order valence-electron chi connectivity index (χ2n) is 4.78. The lowest BCUT2D eigenvalue weighted by Gasteiger charge is -2.36. The minimum absolute atomic E-state index is 0.214. The van der Waals surface area contributed by atoms with E-state index in [0.717, 1.165) is 52.0 Å². The molecule has 0 aromatic rings. The Bertz CT molecular complexity index is 233. The van der Waals surface area contributed by atoms with Gasteiger partial charge in [0.1, 0.15) is 0 Å². The summed E-state index contributed by atoms with van der Waals surface area (Å²) in [7, 11) is 1.94. The van der Waals surface area contributed by atoms with Gasteiger partial charge in [-0.15, -0.1) is 0 Å². The second-order valence-corrected chi connectivity index (χ2v) is 4.78. The molecule has 2 fully saturated rings. The SMILES string of the molecule is CN(C(=O)N1CCCCC1)C1CCOCC1. The van der Waals surface area contributed by atoms with E-state index in [2.05, 4.69) is 0 Å². The van der Waals surface area contributed by atoms with Crippen molar-refractivity contribution in [3.8, 4) is 0 Å². The lowest BCUT2D eigenvalue weighted by Crippen LogP contribution is -2.49. The van der Waals surface area contributed by atoms with E-state index < -0.39 is 0 Å². The molecule has 0 radical (unpaired) electrons. The van der Waals surface area contributed by atoms with Crippen molar-refractivity contribution in [2.45, 2.75) is 38.1 Å². The molecular weight excluding hydrogens is 204 g/mol. The molecular formula is C12H22N2O2. The van der Waals surface area contributed by atoms with E-state index in [4.69, 9.17) is 4.74 Å². The van der Waals surface area contributed by atoms with Crippen LogP contribution in [-0.2, 0) is 4.74 Å². The molecule has 2 aliphatic heterocycles. The molecule has 16 heavy (non-hydrogen) atoms. The Hall–Kier alpha value is -0.770. The molecule has 0 atom stereocenters. The van der Waals surface area contributed by atoms with Crippen molar-refractivity contribution in [2.75, 3.05) is 33.4 Å². The predicted molar refractivity (Wildman–Crippen MR) is 62.4 cm³/mol. The Kier molecular flexibility index (Phi) is 4.04. The number of piperidine rings is 1. The van der Waals surface area contributed by atoms with Gasteiger partial charge < -0.3 is 14.5 Å². The van der Waals surface area contributed by atoms with Gasteiger partial charge in [0.05, 0.1) is 0 Å². The number of urea groups is 1. The van der Waals surface area contributed by atoms with Crippen molar-refractivity contribution in [3.63, 3.8) is 0 Å². The fourth-order valence-electron chi connectivity index (χ4n) is 2.54. The average molecular weight is 226 g/mol. The summed E-state index contributed by atoms with van der Waals surface area (Å²) in [5.41, 5.74) is 0. The molecule has 0 spiro atoms.